The van der Waals surface area contributed by atoms with Gasteiger partial charge in [0.2, 0.25) is 0 Å². The van der Waals surface area contributed by atoms with Gasteiger partial charge in [-0.2, -0.15) is 0 Å². The number of nitrogens with zero attached hydrogens (tertiary/aromatic N) is 1. The summed E-state index contributed by atoms with van der Waals surface area (Å²) in [5.41, 5.74) is 5.63. The largest absolute Gasteiger partial charge is 0.326 e. The average Bonchev–Trinajstić information content (AvgIpc) is 2.61. The van der Waals surface area contributed by atoms with Gasteiger partial charge >= 0.3 is 0 Å². The Morgan fingerprint density at radius 1 is 1.53 bits per heavy atom. The van der Waals surface area contributed by atoms with E-state index in [0.29, 0.717) is 12.5 Å². The first-order valence-electron chi connectivity index (χ1n) is 5.37. The van der Waals surface area contributed by atoms with Crippen molar-refractivity contribution in [3.8, 4) is 0 Å². The van der Waals surface area contributed by atoms with E-state index in [4.69, 9.17) is 17.3 Å². The molecule has 84 valence electrons. The van der Waals surface area contributed by atoms with Crippen LogP contribution in [-0.4, -0.2) is 25.0 Å². The summed E-state index contributed by atoms with van der Waals surface area (Å²) < 4.78 is 0. The van der Waals surface area contributed by atoms with Gasteiger partial charge in [0.15, 0.2) is 0 Å². The molecule has 0 bridgehead atoms. The SMILES string of the molecule is CN1CCC(c2sc(CN)cc2Cl)CC1. The first-order chi connectivity index (χ1) is 7.20. The fourth-order valence-electron chi connectivity index (χ4n) is 2.08. The van der Waals surface area contributed by atoms with E-state index in [0.717, 1.165) is 5.02 Å². The Bertz CT molecular complexity index is 329. The number of halogens is 1. The van der Waals surface area contributed by atoms with Crippen molar-refractivity contribution in [3.05, 3.63) is 20.8 Å². The van der Waals surface area contributed by atoms with Crippen molar-refractivity contribution in [2.75, 3.05) is 20.1 Å². The van der Waals surface area contributed by atoms with E-state index in [2.05, 4.69) is 11.9 Å². The van der Waals surface area contributed by atoms with Gasteiger partial charge in [0.25, 0.3) is 0 Å². The molecular weight excluding hydrogens is 228 g/mol. The lowest BCUT2D eigenvalue weighted by atomic mass is 9.95. The minimum atomic E-state index is 0.608. The third-order valence-electron chi connectivity index (χ3n) is 3.05. The molecular formula is C11H17ClN2S. The first-order valence-corrected chi connectivity index (χ1v) is 6.57. The molecule has 15 heavy (non-hydrogen) atoms. The topological polar surface area (TPSA) is 29.3 Å². The molecule has 2 nitrogen and oxygen atoms in total. The van der Waals surface area contributed by atoms with E-state index >= 15 is 0 Å². The first kappa shape index (κ1) is 11.4. The lowest BCUT2D eigenvalue weighted by Gasteiger charge is -2.28. The number of thiophene rings is 1. The zero-order valence-corrected chi connectivity index (χ0v) is 10.6. The summed E-state index contributed by atoms with van der Waals surface area (Å²) >= 11 is 8.03. The predicted molar refractivity (Wildman–Crippen MR) is 66.7 cm³/mol. The zero-order valence-electron chi connectivity index (χ0n) is 9.00. The maximum atomic E-state index is 6.23. The number of hydrogen-bond donors (Lipinski definition) is 1. The number of hydrogen-bond acceptors (Lipinski definition) is 3. The van der Waals surface area contributed by atoms with E-state index in [1.807, 2.05) is 6.07 Å². The quantitative estimate of drug-likeness (QED) is 0.867. The highest BCUT2D eigenvalue weighted by Crippen LogP contribution is 2.38. The molecule has 0 radical (unpaired) electrons. The molecule has 0 aliphatic carbocycles. The lowest BCUT2D eigenvalue weighted by molar-refractivity contribution is 0.257. The maximum Gasteiger partial charge on any atom is 0.0551 e. The minimum absolute atomic E-state index is 0.608. The molecule has 2 heterocycles. The zero-order chi connectivity index (χ0) is 10.8. The van der Waals surface area contributed by atoms with Gasteiger partial charge in [0, 0.05) is 16.3 Å². The van der Waals surface area contributed by atoms with Crippen molar-refractivity contribution in [2.45, 2.75) is 25.3 Å². The number of likely N-dealkylation sites (tertiary alicyclic amines) is 1. The van der Waals surface area contributed by atoms with Crippen molar-refractivity contribution in [3.63, 3.8) is 0 Å². The van der Waals surface area contributed by atoms with Crippen LogP contribution in [0.1, 0.15) is 28.5 Å². The van der Waals surface area contributed by atoms with Gasteiger partial charge in [-0.25, -0.2) is 0 Å². The average molecular weight is 245 g/mol. The Morgan fingerprint density at radius 2 is 2.20 bits per heavy atom. The highest BCUT2D eigenvalue weighted by molar-refractivity contribution is 7.12. The van der Waals surface area contributed by atoms with Gasteiger partial charge in [-0.05, 0) is 45.0 Å². The molecule has 0 spiro atoms. The van der Waals surface area contributed by atoms with Crippen LogP contribution in [0.15, 0.2) is 6.07 Å². The van der Waals surface area contributed by atoms with E-state index in [9.17, 15) is 0 Å². The summed E-state index contributed by atoms with van der Waals surface area (Å²) in [5.74, 6) is 0.652. The van der Waals surface area contributed by atoms with E-state index in [1.54, 1.807) is 11.3 Å². The normalized spacial score (nSPS) is 19.7. The van der Waals surface area contributed by atoms with Crippen LogP contribution >= 0.6 is 22.9 Å². The molecule has 2 rings (SSSR count). The van der Waals surface area contributed by atoms with Crippen LogP contribution in [-0.2, 0) is 6.54 Å². The van der Waals surface area contributed by atoms with Crippen molar-refractivity contribution in [1.82, 2.24) is 4.90 Å². The van der Waals surface area contributed by atoms with Crippen molar-refractivity contribution >= 4 is 22.9 Å². The molecule has 1 aromatic rings. The maximum absolute atomic E-state index is 6.23. The van der Waals surface area contributed by atoms with Gasteiger partial charge < -0.3 is 10.6 Å². The van der Waals surface area contributed by atoms with Crippen LogP contribution in [0.4, 0.5) is 0 Å². The second-order valence-electron chi connectivity index (χ2n) is 4.21. The number of nitrogens with two attached hydrogens (primary N) is 1. The molecule has 0 unspecified atom stereocenters. The van der Waals surface area contributed by atoms with E-state index < -0.39 is 0 Å². The van der Waals surface area contributed by atoms with Crippen LogP contribution in [0.2, 0.25) is 5.02 Å². The molecule has 2 N–H and O–H groups in total. The number of rotatable bonds is 2. The van der Waals surface area contributed by atoms with Crippen molar-refractivity contribution in [1.29, 1.82) is 0 Å². The monoisotopic (exact) mass is 244 g/mol. The second kappa shape index (κ2) is 4.83. The molecule has 1 fully saturated rings. The smallest absolute Gasteiger partial charge is 0.0551 e. The van der Waals surface area contributed by atoms with Crippen LogP contribution in [0, 0.1) is 0 Å². The lowest BCUT2D eigenvalue weighted by Crippen LogP contribution is -2.28. The van der Waals surface area contributed by atoms with Gasteiger partial charge in [-0.3, -0.25) is 0 Å². The fraction of sp³-hybridized carbons (Fsp3) is 0.636. The molecule has 0 atom stereocenters. The van der Waals surface area contributed by atoms with E-state index in [-0.39, 0.29) is 0 Å². The summed E-state index contributed by atoms with van der Waals surface area (Å²) in [7, 11) is 2.18. The van der Waals surface area contributed by atoms with Gasteiger partial charge in [0.1, 0.15) is 0 Å². The summed E-state index contributed by atoms with van der Waals surface area (Å²) in [4.78, 5) is 4.93. The molecule has 0 aromatic carbocycles. The molecule has 1 aliphatic rings. The summed E-state index contributed by atoms with van der Waals surface area (Å²) in [6, 6.07) is 2.03. The summed E-state index contributed by atoms with van der Waals surface area (Å²) in [5, 5.41) is 0.926. The Labute approximate surface area is 100 Å². The molecule has 1 aromatic heterocycles. The highest BCUT2D eigenvalue weighted by atomic mass is 35.5. The molecule has 0 saturated carbocycles. The summed E-state index contributed by atoms with van der Waals surface area (Å²) in [6.07, 6.45) is 2.45. The molecule has 0 amide bonds. The predicted octanol–water partition coefficient (Wildman–Crippen LogP) is 2.67. The van der Waals surface area contributed by atoms with Crippen LogP contribution < -0.4 is 5.73 Å². The van der Waals surface area contributed by atoms with Gasteiger partial charge in [-0.1, -0.05) is 11.6 Å². The molecule has 4 heteroatoms. The standard InChI is InChI=1S/C11H17ClN2S/c1-14-4-2-8(3-5-14)11-10(12)6-9(7-13)15-11/h6,8H,2-5,7,13H2,1H3. The highest BCUT2D eigenvalue weighted by Gasteiger charge is 2.22. The molecule has 1 aliphatic heterocycles. The van der Waals surface area contributed by atoms with Crippen LogP contribution in [0.25, 0.3) is 0 Å². The second-order valence-corrected chi connectivity index (χ2v) is 5.78. The van der Waals surface area contributed by atoms with Crippen molar-refractivity contribution < 1.29 is 0 Å². The van der Waals surface area contributed by atoms with Crippen LogP contribution in [0.5, 0.6) is 0 Å². The summed E-state index contributed by atoms with van der Waals surface area (Å²) in [6.45, 7) is 2.96. The molecule has 1 saturated heterocycles. The van der Waals surface area contributed by atoms with E-state index in [1.165, 1.54) is 35.7 Å². The van der Waals surface area contributed by atoms with Crippen LogP contribution in [0.3, 0.4) is 0 Å². The Hall–Kier alpha value is -0.0900. The number of piperidine rings is 1. The fourth-order valence-corrected chi connectivity index (χ4v) is 3.65. The Balaban J connectivity index is 2.11. The Morgan fingerprint density at radius 3 is 2.73 bits per heavy atom. The van der Waals surface area contributed by atoms with Crippen molar-refractivity contribution in [2.24, 2.45) is 5.73 Å². The van der Waals surface area contributed by atoms with Gasteiger partial charge in [0.05, 0.1) is 5.02 Å². The minimum Gasteiger partial charge on any atom is -0.326 e. The third kappa shape index (κ3) is 2.53. The third-order valence-corrected chi connectivity index (χ3v) is 4.80. The Kier molecular flexibility index (Phi) is 3.67. The van der Waals surface area contributed by atoms with Gasteiger partial charge in [-0.15, -0.1) is 11.3 Å².